The van der Waals surface area contributed by atoms with Crippen molar-refractivity contribution in [2.24, 2.45) is 0 Å². The van der Waals surface area contributed by atoms with Gasteiger partial charge < -0.3 is 15.4 Å². The van der Waals surface area contributed by atoms with Crippen LogP contribution in [0.3, 0.4) is 0 Å². The largest absolute Gasteiger partial charge is 0.477 e. The number of carbonyl (C=O) groups is 2. The van der Waals surface area contributed by atoms with E-state index < -0.39 is 11.9 Å². The van der Waals surface area contributed by atoms with Crippen LogP contribution in [0, 0.1) is 0 Å². The summed E-state index contributed by atoms with van der Waals surface area (Å²) in [6.45, 7) is 3.91. The van der Waals surface area contributed by atoms with E-state index in [2.05, 4.69) is 15.3 Å². The molecule has 1 atom stereocenters. The number of carbonyl (C=O) groups excluding carboxylic acids is 1. The molecule has 0 bridgehead atoms. The third-order valence-corrected chi connectivity index (χ3v) is 3.16. The van der Waals surface area contributed by atoms with Crippen molar-refractivity contribution < 1.29 is 14.7 Å². The van der Waals surface area contributed by atoms with Crippen molar-refractivity contribution in [2.45, 2.75) is 19.9 Å². The molecule has 1 amide bonds. The van der Waals surface area contributed by atoms with Gasteiger partial charge in [0, 0.05) is 11.8 Å². The molecular formula is C10H15N3O3S. The highest BCUT2D eigenvalue weighted by Gasteiger charge is 2.20. The number of thioether (sulfide) groups is 1. The van der Waals surface area contributed by atoms with Crippen LogP contribution in [-0.2, 0) is 0 Å². The van der Waals surface area contributed by atoms with Crippen molar-refractivity contribution in [3.63, 3.8) is 0 Å². The molecule has 0 aromatic carbocycles. The summed E-state index contributed by atoms with van der Waals surface area (Å²) in [7, 11) is 0. The fraction of sp³-hybridized carbons (Fsp3) is 0.500. The molecule has 1 aromatic heterocycles. The third kappa shape index (κ3) is 3.77. The molecule has 1 aromatic rings. The van der Waals surface area contributed by atoms with Gasteiger partial charge in [-0.05, 0) is 12.7 Å². The van der Waals surface area contributed by atoms with Crippen LogP contribution in [0.2, 0.25) is 0 Å². The summed E-state index contributed by atoms with van der Waals surface area (Å²) in [4.78, 5) is 28.7. The van der Waals surface area contributed by atoms with Gasteiger partial charge in [0.15, 0.2) is 11.4 Å². The molecule has 0 aliphatic heterocycles. The first-order valence-corrected chi connectivity index (χ1v) is 6.37. The highest BCUT2D eigenvalue weighted by atomic mass is 32.2. The molecule has 0 spiro atoms. The zero-order valence-corrected chi connectivity index (χ0v) is 10.5. The van der Waals surface area contributed by atoms with Crippen molar-refractivity contribution in [3.05, 3.63) is 17.7 Å². The molecule has 94 valence electrons. The van der Waals surface area contributed by atoms with Crippen LogP contribution < -0.4 is 5.32 Å². The minimum absolute atomic E-state index is 0.0224. The minimum Gasteiger partial charge on any atom is -0.477 e. The van der Waals surface area contributed by atoms with E-state index in [0.717, 1.165) is 11.5 Å². The van der Waals surface area contributed by atoms with Crippen LogP contribution in [-0.4, -0.2) is 44.5 Å². The molecule has 17 heavy (non-hydrogen) atoms. The van der Waals surface area contributed by atoms with Gasteiger partial charge in [-0.15, -0.1) is 0 Å². The number of H-pyrrole nitrogens is 1. The van der Waals surface area contributed by atoms with Gasteiger partial charge in [-0.25, -0.2) is 9.78 Å². The normalized spacial score (nSPS) is 12.1. The Hall–Kier alpha value is -1.50. The van der Waals surface area contributed by atoms with Gasteiger partial charge in [-0.3, -0.25) is 4.79 Å². The van der Waals surface area contributed by atoms with Crippen molar-refractivity contribution >= 4 is 23.6 Å². The number of hydrogen-bond acceptors (Lipinski definition) is 4. The maximum Gasteiger partial charge on any atom is 0.354 e. The Morgan fingerprint density at radius 1 is 1.65 bits per heavy atom. The quantitative estimate of drug-likeness (QED) is 0.706. The standard InChI is InChI=1S/C10H15N3O3S/c1-3-17-4-6(2)13-9(14)7-8(10(15)16)12-5-11-7/h5-6H,3-4H2,1-2H3,(H,11,12)(H,13,14)(H,15,16). The summed E-state index contributed by atoms with van der Waals surface area (Å²) in [5.41, 5.74) is -0.260. The molecule has 1 rings (SSSR count). The number of aromatic amines is 1. The summed E-state index contributed by atoms with van der Waals surface area (Å²) in [5, 5.41) is 11.5. The first-order chi connectivity index (χ1) is 8.06. The Labute approximate surface area is 103 Å². The molecule has 0 saturated heterocycles. The second-order valence-electron chi connectivity index (χ2n) is 3.47. The Kier molecular flexibility index (Phi) is 5.02. The van der Waals surface area contributed by atoms with Gasteiger partial charge in [0.25, 0.3) is 5.91 Å². The van der Waals surface area contributed by atoms with Crippen LogP contribution in [0.4, 0.5) is 0 Å². The highest BCUT2D eigenvalue weighted by molar-refractivity contribution is 7.99. The number of nitrogens with one attached hydrogen (secondary N) is 2. The van der Waals surface area contributed by atoms with Crippen molar-refractivity contribution in [1.29, 1.82) is 0 Å². The molecule has 0 fully saturated rings. The molecule has 0 radical (unpaired) electrons. The highest BCUT2D eigenvalue weighted by Crippen LogP contribution is 2.05. The molecule has 0 aliphatic rings. The number of nitrogens with zero attached hydrogens (tertiary/aromatic N) is 1. The van der Waals surface area contributed by atoms with E-state index >= 15 is 0 Å². The Bertz CT molecular complexity index is 405. The number of aromatic nitrogens is 2. The second-order valence-corrected chi connectivity index (χ2v) is 4.78. The lowest BCUT2D eigenvalue weighted by atomic mass is 10.3. The molecule has 1 unspecified atom stereocenters. The number of amides is 1. The van der Waals surface area contributed by atoms with Crippen molar-refractivity contribution in [3.8, 4) is 0 Å². The first kappa shape index (κ1) is 13.6. The Morgan fingerprint density at radius 2 is 2.35 bits per heavy atom. The maximum atomic E-state index is 11.7. The van der Waals surface area contributed by atoms with Gasteiger partial charge in [0.1, 0.15) is 0 Å². The van der Waals surface area contributed by atoms with E-state index in [1.165, 1.54) is 6.33 Å². The van der Waals surface area contributed by atoms with Gasteiger partial charge >= 0.3 is 5.97 Å². The average molecular weight is 257 g/mol. The molecular weight excluding hydrogens is 242 g/mol. The summed E-state index contributed by atoms with van der Waals surface area (Å²) < 4.78 is 0. The molecule has 1 heterocycles. The van der Waals surface area contributed by atoms with Crippen LogP contribution in [0.25, 0.3) is 0 Å². The predicted octanol–water partition coefficient (Wildman–Crippen LogP) is 0.979. The van der Waals surface area contributed by atoms with E-state index in [0.29, 0.717) is 0 Å². The monoisotopic (exact) mass is 257 g/mol. The lowest BCUT2D eigenvalue weighted by Gasteiger charge is -2.12. The zero-order valence-electron chi connectivity index (χ0n) is 9.69. The fourth-order valence-electron chi connectivity index (χ4n) is 1.26. The van der Waals surface area contributed by atoms with Gasteiger partial charge in [-0.1, -0.05) is 6.92 Å². The van der Waals surface area contributed by atoms with Gasteiger partial charge in [0.2, 0.25) is 0 Å². The number of imidazole rings is 1. The number of rotatable bonds is 6. The van der Waals surface area contributed by atoms with Crippen molar-refractivity contribution in [2.75, 3.05) is 11.5 Å². The maximum absolute atomic E-state index is 11.7. The van der Waals surface area contributed by atoms with E-state index in [9.17, 15) is 9.59 Å². The van der Waals surface area contributed by atoms with Crippen molar-refractivity contribution in [1.82, 2.24) is 15.3 Å². The molecule has 3 N–H and O–H groups in total. The zero-order chi connectivity index (χ0) is 12.8. The lowest BCUT2D eigenvalue weighted by Crippen LogP contribution is -2.35. The van der Waals surface area contributed by atoms with E-state index in [1.807, 2.05) is 13.8 Å². The minimum atomic E-state index is -1.19. The number of carboxylic acid groups (broad SMARTS) is 1. The summed E-state index contributed by atoms with van der Waals surface area (Å²) in [6.07, 6.45) is 1.20. The smallest absolute Gasteiger partial charge is 0.354 e. The molecule has 0 aliphatic carbocycles. The third-order valence-electron chi connectivity index (χ3n) is 2.02. The molecule has 7 heteroatoms. The Morgan fingerprint density at radius 3 is 2.94 bits per heavy atom. The summed E-state index contributed by atoms with van der Waals surface area (Å²) >= 11 is 1.71. The van der Waals surface area contributed by atoms with Gasteiger partial charge in [0.05, 0.1) is 6.33 Å². The van der Waals surface area contributed by atoms with E-state index in [-0.39, 0.29) is 17.4 Å². The van der Waals surface area contributed by atoms with Crippen LogP contribution in [0.15, 0.2) is 6.33 Å². The second kappa shape index (κ2) is 6.29. The fourth-order valence-corrected chi connectivity index (χ4v) is 1.93. The van der Waals surface area contributed by atoms with E-state index in [4.69, 9.17) is 5.11 Å². The lowest BCUT2D eigenvalue weighted by molar-refractivity contribution is 0.0684. The number of hydrogen-bond donors (Lipinski definition) is 3. The van der Waals surface area contributed by atoms with Gasteiger partial charge in [-0.2, -0.15) is 11.8 Å². The SMILES string of the molecule is CCSCC(C)NC(=O)c1nc[nH]c1C(=O)O. The number of carboxylic acids is 1. The van der Waals surface area contributed by atoms with Crippen LogP contribution in [0.5, 0.6) is 0 Å². The summed E-state index contributed by atoms with van der Waals surface area (Å²) in [5.74, 6) is 0.106. The Balaban J connectivity index is 2.63. The van der Waals surface area contributed by atoms with Crippen LogP contribution >= 0.6 is 11.8 Å². The topological polar surface area (TPSA) is 95.1 Å². The molecule has 0 saturated carbocycles. The first-order valence-electron chi connectivity index (χ1n) is 5.21. The van der Waals surface area contributed by atoms with Crippen LogP contribution in [0.1, 0.15) is 34.8 Å². The number of aromatic carboxylic acids is 1. The summed E-state index contributed by atoms with van der Waals surface area (Å²) in [6, 6.07) is -0.0224. The average Bonchev–Trinajstić information content (AvgIpc) is 2.75. The predicted molar refractivity (Wildman–Crippen MR) is 65.5 cm³/mol. The van der Waals surface area contributed by atoms with E-state index in [1.54, 1.807) is 11.8 Å². The molecule has 6 nitrogen and oxygen atoms in total.